The minimum atomic E-state index is -4.75. The first kappa shape index (κ1) is 29.2. The van der Waals surface area contributed by atoms with E-state index in [1.165, 1.54) is 18.3 Å². The molecule has 0 saturated heterocycles. The van der Waals surface area contributed by atoms with Crippen molar-refractivity contribution >= 4 is 21.8 Å². The molecular weight excluding hydrogens is 608 g/mol. The van der Waals surface area contributed by atoms with E-state index in [9.17, 15) is 36.2 Å². The number of pyridine rings is 1. The minimum absolute atomic E-state index is 0.151. The van der Waals surface area contributed by atoms with Crippen LogP contribution in [-0.2, 0) is 23.9 Å². The Hall–Kier alpha value is -3.75. The van der Waals surface area contributed by atoms with Crippen LogP contribution in [0.1, 0.15) is 34.8 Å². The van der Waals surface area contributed by atoms with Gasteiger partial charge in [0.05, 0.1) is 16.2 Å². The van der Waals surface area contributed by atoms with Gasteiger partial charge in [0.15, 0.2) is 5.69 Å². The molecule has 0 spiro atoms. The van der Waals surface area contributed by atoms with Gasteiger partial charge in [-0.15, -0.1) is 0 Å². The maximum absolute atomic E-state index is 14.2. The number of nitrogens with one attached hydrogen (secondary N) is 1. The first-order valence-corrected chi connectivity index (χ1v) is 12.3. The number of aliphatic hydroxyl groups excluding tert-OH is 1. The number of alkyl halides is 3. The number of benzene rings is 2. The number of aromatic nitrogens is 3. The highest BCUT2D eigenvalue weighted by Crippen LogP contribution is 2.34. The summed E-state index contributed by atoms with van der Waals surface area (Å²) < 4.78 is 81.9. The molecule has 0 radical (unpaired) electrons. The van der Waals surface area contributed by atoms with Gasteiger partial charge in [0.2, 0.25) is 5.91 Å². The first-order valence-electron chi connectivity index (χ1n) is 11.5. The number of amides is 1. The summed E-state index contributed by atoms with van der Waals surface area (Å²) in [6.45, 7) is -0.620. The zero-order chi connectivity index (χ0) is 29.2. The number of nitrogens with two attached hydrogens (primary N) is 1. The fourth-order valence-corrected chi connectivity index (χ4v) is 4.66. The largest absolute Gasteiger partial charge is 0.436 e. The van der Waals surface area contributed by atoms with Crippen LogP contribution in [0.5, 0.6) is 0 Å². The van der Waals surface area contributed by atoms with Crippen LogP contribution in [-0.4, -0.2) is 25.8 Å². The summed E-state index contributed by atoms with van der Waals surface area (Å²) in [4.78, 5) is 17.3. The van der Waals surface area contributed by atoms with Crippen molar-refractivity contribution in [3.8, 4) is 11.1 Å². The average molecular weight is 628 g/mol. The van der Waals surface area contributed by atoms with Crippen LogP contribution < -0.4 is 11.1 Å². The molecule has 1 amide bonds. The lowest BCUT2D eigenvalue weighted by Crippen LogP contribution is -2.34. The maximum atomic E-state index is 14.2. The van der Waals surface area contributed by atoms with Crippen LogP contribution in [0.3, 0.4) is 0 Å². The van der Waals surface area contributed by atoms with E-state index in [1.807, 2.05) is 0 Å². The summed E-state index contributed by atoms with van der Waals surface area (Å²) in [7, 11) is 0. The lowest BCUT2D eigenvalue weighted by atomic mass is 9.94. The molecule has 2 heterocycles. The lowest BCUT2D eigenvalue weighted by Gasteiger charge is -2.22. The highest BCUT2D eigenvalue weighted by atomic mass is 79.9. The van der Waals surface area contributed by atoms with Crippen molar-refractivity contribution in [1.29, 1.82) is 0 Å². The predicted octanol–water partition coefficient (Wildman–Crippen LogP) is 5.19. The Morgan fingerprint density at radius 1 is 1.10 bits per heavy atom. The first-order chi connectivity index (χ1) is 18.8. The van der Waals surface area contributed by atoms with Crippen molar-refractivity contribution in [2.45, 2.75) is 31.4 Å². The number of hydrogen-bond donors (Lipinski definition) is 3. The smallest absolute Gasteiger partial charge is 0.374 e. The highest BCUT2D eigenvalue weighted by molar-refractivity contribution is 9.10. The van der Waals surface area contributed by atoms with Gasteiger partial charge in [0.1, 0.15) is 30.2 Å². The van der Waals surface area contributed by atoms with Crippen molar-refractivity contribution in [3.63, 3.8) is 0 Å². The van der Waals surface area contributed by atoms with Gasteiger partial charge in [-0.2, -0.15) is 18.3 Å². The molecular formula is C26H20BrF6N5O2. The van der Waals surface area contributed by atoms with E-state index in [0.29, 0.717) is 17.2 Å². The Bertz CT molecular complexity index is 1520. The van der Waals surface area contributed by atoms with Crippen LogP contribution in [0, 0.1) is 17.5 Å². The molecule has 4 aromatic rings. The van der Waals surface area contributed by atoms with Crippen molar-refractivity contribution < 1.29 is 36.2 Å². The van der Waals surface area contributed by atoms with Gasteiger partial charge in [-0.25, -0.2) is 13.2 Å². The van der Waals surface area contributed by atoms with E-state index >= 15 is 0 Å². The molecule has 4 N–H and O–H groups in total. The number of carbonyl (C=O) groups is 1. The van der Waals surface area contributed by atoms with E-state index < -0.39 is 54.0 Å². The molecule has 14 heteroatoms. The fourth-order valence-electron chi connectivity index (χ4n) is 4.12. The summed E-state index contributed by atoms with van der Waals surface area (Å²) in [6, 6.07) is 8.66. The standard InChI is InChI=1S/C26H20BrF6N5O2/c27-19-11-38(37-24(19)26(31,32)33)12-22(39)36-21(8-13-6-15(28)10-16(29)7-13)23-17(2-1-5-35-23)14-3-4-20(30)18(9-14)25(34)40/h1-7,9-11,21,25,40H,8,12,34H2,(H,36,39)/t21-,25?/m0/s1. The number of rotatable bonds is 8. The second-order valence-electron chi connectivity index (χ2n) is 8.74. The quantitative estimate of drug-likeness (QED) is 0.184. The number of halogens is 7. The number of nitrogens with zero attached hydrogens (tertiary/aromatic N) is 3. The Kier molecular flexibility index (Phi) is 8.61. The second-order valence-corrected chi connectivity index (χ2v) is 9.59. The van der Waals surface area contributed by atoms with E-state index in [0.717, 1.165) is 29.1 Å². The molecule has 2 atom stereocenters. The molecule has 0 aliphatic carbocycles. The predicted molar refractivity (Wildman–Crippen MR) is 135 cm³/mol. The average Bonchev–Trinajstić information content (AvgIpc) is 3.23. The summed E-state index contributed by atoms with van der Waals surface area (Å²) >= 11 is 2.78. The Labute approximate surface area is 231 Å². The Balaban J connectivity index is 1.72. The summed E-state index contributed by atoms with van der Waals surface area (Å²) in [6.07, 6.45) is -4.16. The van der Waals surface area contributed by atoms with Gasteiger partial charge in [0.25, 0.3) is 0 Å². The fraction of sp³-hybridized carbons (Fsp3) is 0.192. The van der Waals surface area contributed by atoms with Crippen molar-refractivity contribution in [1.82, 2.24) is 20.1 Å². The molecule has 210 valence electrons. The van der Waals surface area contributed by atoms with E-state index in [-0.39, 0.29) is 27.7 Å². The molecule has 0 fully saturated rings. The van der Waals surface area contributed by atoms with Gasteiger partial charge in [-0.1, -0.05) is 12.1 Å². The second kappa shape index (κ2) is 11.8. The normalized spacial score (nSPS) is 13.2. The third-order valence-corrected chi connectivity index (χ3v) is 6.36. The SMILES string of the molecule is NC(O)c1cc(-c2cccnc2[C@H](Cc2cc(F)cc(F)c2)NC(=O)Cn2cc(Br)c(C(F)(F)F)n2)ccc1F. The highest BCUT2D eigenvalue weighted by Gasteiger charge is 2.37. The topological polar surface area (TPSA) is 106 Å². The van der Waals surface area contributed by atoms with Gasteiger partial charge in [0, 0.05) is 29.6 Å². The Morgan fingerprint density at radius 2 is 1.80 bits per heavy atom. The number of hydrogen-bond acceptors (Lipinski definition) is 5. The van der Waals surface area contributed by atoms with E-state index in [4.69, 9.17) is 5.73 Å². The molecule has 40 heavy (non-hydrogen) atoms. The van der Waals surface area contributed by atoms with Crippen LogP contribution in [0.15, 0.2) is 65.4 Å². The number of aliphatic hydroxyl groups is 1. The lowest BCUT2D eigenvalue weighted by molar-refractivity contribution is -0.142. The van der Waals surface area contributed by atoms with Crippen molar-refractivity contribution in [3.05, 3.63) is 105 Å². The zero-order valence-electron chi connectivity index (χ0n) is 20.3. The van der Waals surface area contributed by atoms with Crippen LogP contribution >= 0.6 is 15.9 Å². The van der Waals surface area contributed by atoms with Gasteiger partial charge >= 0.3 is 6.18 Å². The molecule has 2 aromatic heterocycles. The van der Waals surface area contributed by atoms with E-state index in [2.05, 4.69) is 31.3 Å². The van der Waals surface area contributed by atoms with Gasteiger partial charge < -0.3 is 16.2 Å². The van der Waals surface area contributed by atoms with Gasteiger partial charge in [-0.05, 0) is 63.8 Å². The van der Waals surface area contributed by atoms with E-state index in [1.54, 1.807) is 12.1 Å². The molecule has 0 aliphatic heterocycles. The van der Waals surface area contributed by atoms with Gasteiger partial charge in [-0.3, -0.25) is 14.5 Å². The van der Waals surface area contributed by atoms with Crippen molar-refractivity contribution in [2.24, 2.45) is 5.73 Å². The Morgan fingerprint density at radius 3 is 2.42 bits per heavy atom. The minimum Gasteiger partial charge on any atom is -0.374 e. The molecule has 7 nitrogen and oxygen atoms in total. The van der Waals surface area contributed by atoms with Crippen molar-refractivity contribution in [2.75, 3.05) is 0 Å². The maximum Gasteiger partial charge on any atom is 0.436 e. The molecule has 1 unspecified atom stereocenters. The monoisotopic (exact) mass is 627 g/mol. The molecule has 2 aromatic carbocycles. The molecule has 4 rings (SSSR count). The third kappa shape index (κ3) is 6.87. The zero-order valence-corrected chi connectivity index (χ0v) is 21.8. The summed E-state index contributed by atoms with van der Waals surface area (Å²) in [5, 5.41) is 15.8. The number of carbonyl (C=O) groups excluding carboxylic acids is 1. The van der Waals surface area contributed by atoms with Crippen LogP contribution in [0.2, 0.25) is 0 Å². The van der Waals surface area contributed by atoms with Crippen LogP contribution in [0.25, 0.3) is 11.1 Å². The molecule has 0 bridgehead atoms. The molecule has 0 aliphatic rings. The molecule has 0 saturated carbocycles. The summed E-state index contributed by atoms with van der Waals surface area (Å²) in [5.41, 5.74) is 5.12. The van der Waals surface area contributed by atoms with Crippen LogP contribution in [0.4, 0.5) is 26.3 Å². The summed E-state index contributed by atoms with van der Waals surface area (Å²) in [5.74, 6) is -3.25. The third-order valence-electron chi connectivity index (χ3n) is 5.78.